The van der Waals surface area contributed by atoms with Crippen molar-refractivity contribution in [2.75, 3.05) is 5.73 Å². The molecule has 0 radical (unpaired) electrons. The first-order chi connectivity index (χ1) is 12.2. The summed E-state index contributed by atoms with van der Waals surface area (Å²) in [7, 11) is 0. The SMILES string of the molecule is Nc1nc2c(c3ccccc13)C(c1ccc[nH]1)c1cc(Cl)ccc1O2. The lowest BCUT2D eigenvalue weighted by Crippen LogP contribution is -2.14. The van der Waals surface area contributed by atoms with Gasteiger partial charge >= 0.3 is 0 Å². The first-order valence-electron chi connectivity index (χ1n) is 8.01. The van der Waals surface area contributed by atoms with Gasteiger partial charge in [0.2, 0.25) is 5.88 Å². The summed E-state index contributed by atoms with van der Waals surface area (Å²) in [5.41, 5.74) is 9.24. The number of aromatic amines is 1. The summed E-state index contributed by atoms with van der Waals surface area (Å²) in [5, 5.41) is 2.64. The normalized spacial score (nSPS) is 15.5. The van der Waals surface area contributed by atoms with E-state index in [-0.39, 0.29) is 5.92 Å². The summed E-state index contributed by atoms with van der Waals surface area (Å²) in [6.07, 6.45) is 1.92. The zero-order chi connectivity index (χ0) is 17.0. The predicted molar refractivity (Wildman–Crippen MR) is 99.4 cm³/mol. The number of ether oxygens (including phenoxy) is 1. The fourth-order valence-electron chi connectivity index (χ4n) is 3.59. The second-order valence-corrected chi connectivity index (χ2v) is 6.54. The molecule has 1 atom stereocenters. The molecular formula is C20H14ClN3O. The van der Waals surface area contributed by atoms with Crippen molar-refractivity contribution in [3.05, 3.63) is 82.6 Å². The molecule has 2 aromatic carbocycles. The van der Waals surface area contributed by atoms with Crippen molar-refractivity contribution in [3.63, 3.8) is 0 Å². The van der Waals surface area contributed by atoms with Crippen LogP contribution in [-0.2, 0) is 0 Å². The Morgan fingerprint density at radius 3 is 2.68 bits per heavy atom. The number of anilines is 1. The lowest BCUT2D eigenvalue weighted by Gasteiger charge is -2.28. The summed E-state index contributed by atoms with van der Waals surface area (Å²) in [6, 6.07) is 17.7. The van der Waals surface area contributed by atoms with Crippen LogP contribution >= 0.6 is 11.6 Å². The van der Waals surface area contributed by atoms with Crippen LogP contribution in [0, 0.1) is 0 Å². The van der Waals surface area contributed by atoms with E-state index < -0.39 is 0 Å². The molecule has 122 valence electrons. The third-order valence-corrected chi connectivity index (χ3v) is 4.89. The molecular weight excluding hydrogens is 334 g/mol. The van der Waals surface area contributed by atoms with Gasteiger partial charge in [0.25, 0.3) is 0 Å². The number of nitrogens with zero attached hydrogens (tertiary/aromatic N) is 1. The lowest BCUT2D eigenvalue weighted by atomic mass is 9.84. The maximum absolute atomic E-state index is 6.27. The van der Waals surface area contributed by atoms with Crippen molar-refractivity contribution in [2.45, 2.75) is 5.92 Å². The van der Waals surface area contributed by atoms with E-state index in [1.54, 1.807) is 0 Å². The predicted octanol–water partition coefficient (Wildman–Crippen LogP) is 5.08. The first kappa shape index (κ1) is 14.4. The van der Waals surface area contributed by atoms with Crippen molar-refractivity contribution >= 4 is 28.2 Å². The Kier molecular flexibility index (Phi) is 3.02. The van der Waals surface area contributed by atoms with Crippen LogP contribution in [0.1, 0.15) is 22.7 Å². The maximum Gasteiger partial charge on any atom is 0.226 e. The van der Waals surface area contributed by atoms with Crippen molar-refractivity contribution in [3.8, 4) is 11.6 Å². The summed E-state index contributed by atoms with van der Waals surface area (Å²) >= 11 is 6.27. The Morgan fingerprint density at radius 1 is 1.04 bits per heavy atom. The number of hydrogen-bond acceptors (Lipinski definition) is 3. The number of nitrogen functional groups attached to an aromatic ring is 1. The third-order valence-electron chi connectivity index (χ3n) is 4.66. The van der Waals surface area contributed by atoms with E-state index in [9.17, 15) is 0 Å². The molecule has 0 aliphatic carbocycles. The van der Waals surface area contributed by atoms with Crippen LogP contribution in [0.5, 0.6) is 11.6 Å². The highest BCUT2D eigenvalue weighted by Crippen LogP contribution is 2.49. The molecule has 1 unspecified atom stereocenters. The molecule has 25 heavy (non-hydrogen) atoms. The van der Waals surface area contributed by atoms with Gasteiger partial charge in [-0.1, -0.05) is 35.9 Å². The van der Waals surface area contributed by atoms with Crippen LogP contribution in [0.3, 0.4) is 0 Å². The largest absolute Gasteiger partial charge is 0.438 e. The van der Waals surface area contributed by atoms with Crippen LogP contribution in [0.2, 0.25) is 5.02 Å². The van der Waals surface area contributed by atoms with E-state index in [0.717, 1.165) is 33.3 Å². The fraction of sp³-hybridized carbons (Fsp3) is 0.0500. The van der Waals surface area contributed by atoms with Gasteiger partial charge in [-0.15, -0.1) is 0 Å². The number of nitrogens with one attached hydrogen (secondary N) is 1. The molecule has 1 aliphatic rings. The molecule has 0 amide bonds. The van der Waals surface area contributed by atoms with E-state index in [1.165, 1.54) is 0 Å². The van der Waals surface area contributed by atoms with Gasteiger partial charge < -0.3 is 15.5 Å². The minimum Gasteiger partial charge on any atom is -0.438 e. The molecule has 2 aromatic heterocycles. The number of H-pyrrole nitrogens is 1. The van der Waals surface area contributed by atoms with Crippen molar-refractivity contribution in [1.29, 1.82) is 0 Å². The highest BCUT2D eigenvalue weighted by atomic mass is 35.5. The number of fused-ring (bicyclic) bond motifs is 4. The number of benzene rings is 2. The quantitative estimate of drug-likeness (QED) is 0.444. The Balaban J connectivity index is 1.89. The van der Waals surface area contributed by atoms with Gasteiger partial charge in [-0.3, -0.25) is 0 Å². The van der Waals surface area contributed by atoms with Crippen molar-refractivity contribution in [1.82, 2.24) is 9.97 Å². The molecule has 0 bridgehead atoms. The third kappa shape index (κ3) is 2.11. The Hall–Kier alpha value is -2.98. The van der Waals surface area contributed by atoms with Gasteiger partial charge in [0.15, 0.2) is 0 Å². The monoisotopic (exact) mass is 347 g/mol. The second-order valence-electron chi connectivity index (χ2n) is 6.10. The van der Waals surface area contributed by atoms with Crippen molar-refractivity contribution < 1.29 is 4.74 Å². The summed E-state index contributed by atoms with van der Waals surface area (Å²) in [4.78, 5) is 7.86. The molecule has 5 rings (SSSR count). The highest BCUT2D eigenvalue weighted by molar-refractivity contribution is 6.30. The Bertz CT molecular complexity index is 1110. The number of halogens is 1. The molecule has 0 saturated heterocycles. The van der Waals surface area contributed by atoms with Gasteiger partial charge in [-0.2, -0.15) is 4.98 Å². The van der Waals surface area contributed by atoms with Crippen LogP contribution in [0.4, 0.5) is 5.82 Å². The number of rotatable bonds is 1. The molecule has 4 nitrogen and oxygen atoms in total. The van der Waals surface area contributed by atoms with Crippen LogP contribution in [0.25, 0.3) is 10.8 Å². The van der Waals surface area contributed by atoms with Gasteiger partial charge in [-0.05, 0) is 35.7 Å². The van der Waals surface area contributed by atoms with Gasteiger partial charge in [0.05, 0.1) is 5.92 Å². The highest BCUT2D eigenvalue weighted by Gasteiger charge is 2.32. The molecule has 4 aromatic rings. The van der Waals surface area contributed by atoms with E-state index in [4.69, 9.17) is 22.1 Å². The standard InChI is InChI=1S/C20H14ClN3O/c21-11-7-8-16-14(10-11)17(15-6-3-9-23-15)18-12-4-1-2-5-13(12)19(22)24-20(18)25-16/h1-10,17,23H,(H2,22,24). The van der Waals surface area contributed by atoms with E-state index in [2.05, 4.69) is 22.1 Å². The molecule has 5 heteroatoms. The first-order valence-corrected chi connectivity index (χ1v) is 8.39. The second kappa shape index (κ2) is 5.26. The lowest BCUT2D eigenvalue weighted by molar-refractivity contribution is 0.436. The molecule has 0 spiro atoms. The summed E-state index contributed by atoms with van der Waals surface area (Å²) < 4.78 is 6.09. The molecule has 3 N–H and O–H groups in total. The molecule has 1 aliphatic heterocycles. The minimum absolute atomic E-state index is 0.0505. The Labute approximate surface area is 149 Å². The molecule has 0 saturated carbocycles. The number of aromatic nitrogens is 2. The summed E-state index contributed by atoms with van der Waals surface area (Å²) in [5.74, 6) is 1.71. The topological polar surface area (TPSA) is 63.9 Å². The number of hydrogen-bond donors (Lipinski definition) is 2. The Morgan fingerprint density at radius 2 is 1.88 bits per heavy atom. The maximum atomic E-state index is 6.27. The van der Waals surface area contributed by atoms with Gasteiger partial charge in [0.1, 0.15) is 11.6 Å². The van der Waals surface area contributed by atoms with E-state index in [0.29, 0.717) is 16.7 Å². The van der Waals surface area contributed by atoms with E-state index >= 15 is 0 Å². The molecule has 0 fully saturated rings. The van der Waals surface area contributed by atoms with Gasteiger partial charge in [0, 0.05) is 33.4 Å². The zero-order valence-electron chi connectivity index (χ0n) is 13.2. The van der Waals surface area contributed by atoms with Crippen molar-refractivity contribution in [2.24, 2.45) is 0 Å². The van der Waals surface area contributed by atoms with Crippen LogP contribution < -0.4 is 10.5 Å². The number of pyridine rings is 1. The molecule has 3 heterocycles. The average Bonchev–Trinajstić information content (AvgIpc) is 3.15. The van der Waals surface area contributed by atoms with Gasteiger partial charge in [-0.25, -0.2) is 0 Å². The minimum atomic E-state index is -0.0505. The number of nitrogens with two attached hydrogens (primary N) is 1. The van der Waals surface area contributed by atoms with E-state index in [1.807, 2.05) is 48.7 Å². The fourth-order valence-corrected chi connectivity index (χ4v) is 3.77. The smallest absolute Gasteiger partial charge is 0.226 e. The summed E-state index contributed by atoms with van der Waals surface area (Å²) in [6.45, 7) is 0. The van der Waals surface area contributed by atoms with Crippen LogP contribution in [-0.4, -0.2) is 9.97 Å². The van der Waals surface area contributed by atoms with Crippen LogP contribution in [0.15, 0.2) is 60.8 Å². The average molecular weight is 348 g/mol. The zero-order valence-corrected chi connectivity index (χ0v) is 13.9.